The molecule has 18 heavy (non-hydrogen) atoms. The Bertz CT molecular complexity index is 616. The quantitative estimate of drug-likeness (QED) is 0.677. The van der Waals surface area contributed by atoms with Crippen LogP contribution in [0.25, 0.3) is 5.69 Å². The first kappa shape index (κ1) is 12.7. The largest absolute Gasteiger partial charge is 0.493 e. The molecule has 0 fully saturated rings. The van der Waals surface area contributed by atoms with Gasteiger partial charge in [0.1, 0.15) is 7.14 Å². The Morgan fingerprint density at radius 2 is 2.11 bits per heavy atom. The predicted molar refractivity (Wildman–Crippen MR) is 73.6 cm³/mol. The van der Waals surface area contributed by atoms with Crippen molar-refractivity contribution in [3.05, 3.63) is 30.6 Å². The average Bonchev–Trinajstić information content (AvgIpc) is 2.76. The summed E-state index contributed by atoms with van der Waals surface area (Å²) in [4.78, 5) is 0. The molecule has 6 heteroatoms. The fraction of sp³-hybridized carbons (Fsp3) is 0.250. The average molecular weight is 265 g/mol. The maximum atomic E-state index is 12.1. The number of nitrogen functional groups attached to an aromatic ring is 1. The van der Waals surface area contributed by atoms with Crippen molar-refractivity contribution in [2.45, 2.75) is 0 Å². The third-order valence-electron chi connectivity index (χ3n) is 2.65. The summed E-state index contributed by atoms with van der Waals surface area (Å²) in [7, 11) is -0.815. The van der Waals surface area contributed by atoms with E-state index in [1.54, 1.807) is 43.6 Å². The fourth-order valence-corrected chi connectivity index (χ4v) is 2.83. The molecule has 0 atom stereocenters. The Balaban J connectivity index is 2.50. The van der Waals surface area contributed by atoms with Crippen molar-refractivity contribution in [1.29, 1.82) is 0 Å². The highest BCUT2D eigenvalue weighted by Gasteiger charge is 2.16. The summed E-state index contributed by atoms with van der Waals surface area (Å²) < 4.78 is 18.9. The van der Waals surface area contributed by atoms with Gasteiger partial charge in [-0.05, 0) is 31.5 Å². The molecule has 2 rings (SSSR count). The topological polar surface area (TPSA) is 70.1 Å². The Morgan fingerprint density at radius 1 is 1.39 bits per heavy atom. The number of nitrogens with two attached hydrogens (primary N) is 1. The lowest BCUT2D eigenvalue weighted by molar-refractivity contribution is 0.414. The molecule has 2 aromatic rings. The summed E-state index contributed by atoms with van der Waals surface area (Å²) in [5.41, 5.74) is 7.22. The first-order valence-corrected chi connectivity index (χ1v) is 8.06. The van der Waals surface area contributed by atoms with Crippen molar-refractivity contribution >= 4 is 18.1 Å². The van der Waals surface area contributed by atoms with Crippen LogP contribution in [-0.2, 0) is 4.57 Å². The van der Waals surface area contributed by atoms with Crippen LogP contribution in [0, 0.1) is 0 Å². The SMILES string of the molecule is COc1cnn(-c2ccc(N)c(P(C)(C)=O)c2)c1. The zero-order valence-corrected chi connectivity index (χ0v) is 11.5. The minimum atomic E-state index is -2.40. The second kappa shape index (κ2) is 4.50. The molecule has 0 aliphatic carbocycles. The zero-order valence-electron chi connectivity index (χ0n) is 10.6. The number of anilines is 1. The normalized spacial score (nSPS) is 11.5. The third kappa shape index (κ3) is 2.41. The number of aromatic nitrogens is 2. The number of hydrogen-bond acceptors (Lipinski definition) is 4. The van der Waals surface area contributed by atoms with Crippen LogP contribution >= 0.6 is 7.14 Å². The van der Waals surface area contributed by atoms with Crippen LogP contribution in [0.3, 0.4) is 0 Å². The van der Waals surface area contributed by atoms with Gasteiger partial charge in [0.05, 0.1) is 25.2 Å². The van der Waals surface area contributed by atoms with Gasteiger partial charge in [0.25, 0.3) is 0 Å². The highest BCUT2D eigenvalue weighted by atomic mass is 31.2. The van der Waals surface area contributed by atoms with Crippen molar-refractivity contribution in [3.63, 3.8) is 0 Å². The molecule has 0 bridgehead atoms. The molecule has 5 nitrogen and oxygen atoms in total. The third-order valence-corrected chi connectivity index (χ3v) is 4.20. The second-order valence-electron chi connectivity index (χ2n) is 4.42. The van der Waals surface area contributed by atoms with Gasteiger partial charge in [-0.2, -0.15) is 5.10 Å². The second-order valence-corrected chi connectivity index (χ2v) is 7.60. The molecule has 0 aliphatic rings. The van der Waals surface area contributed by atoms with Crippen LogP contribution in [0.1, 0.15) is 0 Å². The molecule has 1 aromatic heterocycles. The summed E-state index contributed by atoms with van der Waals surface area (Å²) in [6.07, 6.45) is 3.37. The zero-order chi connectivity index (χ0) is 13.3. The summed E-state index contributed by atoms with van der Waals surface area (Å²) >= 11 is 0. The Labute approximate surface area is 106 Å². The molecule has 0 spiro atoms. The molecule has 96 valence electrons. The first-order valence-electron chi connectivity index (χ1n) is 5.46. The van der Waals surface area contributed by atoms with E-state index in [1.165, 1.54) is 0 Å². The van der Waals surface area contributed by atoms with E-state index in [9.17, 15) is 4.57 Å². The van der Waals surface area contributed by atoms with E-state index in [1.807, 2.05) is 12.1 Å². The highest BCUT2D eigenvalue weighted by molar-refractivity contribution is 7.70. The van der Waals surface area contributed by atoms with E-state index in [4.69, 9.17) is 10.5 Å². The molecule has 0 aliphatic heterocycles. The summed E-state index contributed by atoms with van der Waals surface area (Å²) in [5.74, 6) is 0.671. The van der Waals surface area contributed by atoms with Crippen LogP contribution in [-0.4, -0.2) is 30.2 Å². The summed E-state index contributed by atoms with van der Waals surface area (Å²) in [6.45, 7) is 3.40. The number of ether oxygens (including phenoxy) is 1. The number of benzene rings is 1. The van der Waals surface area contributed by atoms with Crippen LogP contribution in [0.2, 0.25) is 0 Å². The van der Waals surface area contributed by atoms with Crippen LogP contribution in [0.4, 0.5) is 5.69 Å². The van der Waals surface area contributed by atoms with E-state index >= 15 is 0 Å². The standard InChI is InChI=1S/C12H16N3O2P/c1-17-10-7-14-15(8-10)9-4-5-11(13)12(6-9)18(2,3)16/h4-8H,13H2,1-3H3. The lowest BCUT2D eigenvalue weighted by Crippen LogP contribution is -2.11. The van der Waals surface area contributed by atoms with Crippen LogP contribution in [0.5, 0.6) is 5.75 Å². The minimum Gasteiger partial charge on any atom is -0.493 e. The molecular weight excluding hydrogens is 249 g/mol. The van der Waals surface area contributed by atoms with Gasteiger partial charge < -0.3 is 15.0 Å². The van der Waals surface area contributed by atoms with Gasteiger partial charge in [0.2, 0.25) is 0 Å². The monoisotopic (exact) mass is 265 g/mol. The predicted octanol–water partition coefficient (Wildman–Crippen LogP) is 1.71. The van der Waals surface area contributed by atoms with E-state index in [2.05, 4.69) is 5.10 Å². The Hall–Kier alpha value is -1.74. The number of hydrogen-bond donors (Lipinski definition) is 1. The molecule has 0 amide bonds. The number of nitrogens with zero attached hydrogens (tertiary/aromatic N) is 2. The van der Waals surface area contributed by atoms with Gasteiger partial charge in [-0.1, -0.05) is 0 Å². The highest BCUT2D eigenvalue weighted by Crippen LogP contribution is 2.37. The van der Waals surface area contributed by atoms with Crippen LogP contribution < -0.4 is 15.8 Å². The molecule has 0 saturated heterocycles. The van der Waals surface area contributed by atoms with Crippen molar-refractivity contribution in [3.8, 4) is 11.4 Å². The summed E-state index contributed by atoms with van der Waals surface area (Å²) in [6, 6.07) is 5.39. The van der Waals surface area contributed by atoms with Gasteiger partial charge in [0.15, 0.2) is 5.75 Å². The van der Waals surface area contributed by atoms with Crippen molar-refractivity contribution in [1.82, 2.24) is 9.78 Å². The number of rotatable bonds is 3. The van der Waals surface area contributed by atoms with Crippen molar-refractivity contribution in [2.24, 2.45) is 0 Å². The van der Waals surface area contributed by atoms with E-state index in [0.29, 0.717) is 16.7 Å². The van der Waals surface area contributed by atoms with Crippen molar-refractivity contribution < 1.29 is 9.30 Å². The summed E-state index contributed by atoms with van der Waals surface area (Å²) in [5, 5.41) is 4.85. The van der Waals surface area contributed by atoms with Gasteiger partial charge in [-0.3, -0.25) is 0 Å². The molecule has 2 N–H and O–H groups in total. The fourth-order valence-electron chi connectivity index (χ4n) is 1.69. The van der Waals surface area contributed by atoms with Crippen molar-refractivity contribution in [2.75, 3.05) is 26.2 Å². The smallest absolute Gasteiger partial charge is 0.157 e. The molecule has 0 saturated carbocycles. The first-order chi connectivity index (χ1) is 8.41. The van der Waals surface area contributed by atoms with E-state index in [0.717, 1.165) is 5.69 Å². The van der Waals surface area contributed by atoms with E-state index < -0.39 is 7.14 Å². The Kier molecular flexibility index (Phi) is 3.18. The van der Waals surface area contributed by atoms with Gasteiger partial charge in [-0.25, -0.2) is 4.68 Å². The van der Waals surface area contributed by atoms with Crippen LogP contribution in [0.15, 0.2) is 30.6 Å². The van der Waals surface area contributed by atoms with Gasteiger partial charge in [-0.15, -0.1) is 0 Å². The molecule has 1 aromatic carbocycles. The van der Waals surface area contributed by atoms with Gasteiger partial charge in [0, 0.05) is 11.0 Å². The molecule has 1 heterocycles. The maximum Gasteiger partial charge on any atom is 0.157 e. The molecule has 0 radical (unpaired) electrons. The lowest BCUT2D eigenvalue weighted by Gasteiger charge is -2.12. The van der Waals surface area contributed by atoms with Gasteiger partial charge >= 0.3 is 0 Å². The Morgan fingerprint density at radius 3 is 2.67 bits per heavy atom. The lowest BCUT2D eigenvalue weighted by atomic mass is 10.3. The minimum absolute atomic E-state index is 0.547. The van der Waals surface area contributed by atoms with E-state index in [-0.39, 0.29) is 0 Å². The molecule has 0 unspecified atom stereocenters. The molecular formula is C12H16N3O2P. The number of methoxy groups -OCH3 is 1. The maximum absolute atomic E-state index is 12.1.